The molecular formula is C19H21ClFN2O4S+. The number of rotatable bonds is 6. The van der Waals surface area contributed by atoms with Crippen LogP contribution in [0.2, 0.25) is 5.02 Å². The van der Waals surface area contributed by atoms with E-state index in [9.17, 15) is 17.6 Å². The normalized spacial score (nSPS) is 16.1. The third-order valence-electron chi connectivity index (χ3n) is 4.75. The van der Waals surface area contributed by atoms with E-state index < -0.39 is 10.0 Å². The molecule has 1 saturated heterocycles. The van der Waals surface area contributed by atoms with Crippen molar-refractivity contribution in [2.45, 2.75) is 4.90 Å². The highest BCUT2D eigenvalue weighted by molar-refractivity contribution is 7.89. The Morgan fingerprint density at radius 2 is 1.82 bits per heavy atom. The summed E-state index contributed by atoms with van der Waals surface area (Å²) in [6, 6.07) is 9.91. The molecule has 0 bridgehead atoms. The highest BCUT2D eigenvalue weighted by atomic mass is 35.5. The van der Waals surface area contributed by atoms with Crippen molar-refractivity contribution < 1.29 is 27.2 Å². The van der Waals surface area contributed by atoms with Gasteiger partial charge in [0.2, 0.25) is 15.8 Å². The van der Waals surface area contributed by atoms with Crippen molar-refractivity contribution in [1.29, 1.82) is 0 Å². The van der Waals surface area contributed by atoms with E-state index in [1.807, 2.05) is 0 Å². The second-order valence-electron chi connectivity index (χ2n) is 6.56. The van der Waals surface area contributed by atoms with Gasteiger partial charge in [0.25, 0.3) is 0 Å². The minimum Gasteiger partial charge on any atom is -0.495 e. The molecule has 0 saturated carbocycles. The topological polar surface area (TPSA) is 68.1 Å². The van der Waals surface area contributed by atoms with Gasteiger partial charge < -0.3 is 9.64 Å². The van der Waals surface area contributed by atoms with E-state index in [4.69, 9.17) is 16.3 Å². The first-order valence-corrected chi connectivity index (χ1v) is 10.6. The molecule has 0 spiro atoms. The quantitative estimate of drug-likeness (QED) is 0.705. The lowest BCUT2D eigenvalue weighted by atomic mass is 10.1. The van der Waals surface area contributed by atoms with Gasteiger partial charge in [-0.25, -0.2) is 12.8 Å². The third-order valence-corrected chi connectivity index (χ3v) is 6.90. The van der Waals surface area contributed by atoms with Gasteiger partial charge in [0, 0.05) is 10.6 Å². The number of methoxy groups -OCH3 is 1. The Labute approximate surface area is 168 Å². The number of halogens is 2. The van der Waals surface area contributed by atoms with E-state index in [1.165, 1.54) is 47.8 Å². The summed E-state index contributed by atoms with van der Waals surface area (Å²) in [5.41, 5.74) is 0.451. The van der Waals surface area contributed by atoms with Gasteiger partial charge in [0.1, 0.15) is 23.0 Å². The average molecular weight is 428 g/mol. The van der Waals surface area contributed by atoms with Crippen LogP contribution in [-0.2, 0) is 10.0 Å². The minimum absolute atomic E-state index is 0.0355. The zero-order valence-corrected chi connectivity index (χ0v) is 16.9. The van der Waals surface area contributed by atoms with Crippen LogP contribution < -0.4 is 9.64 Å². The summed E-state index contributed by atoms with van der Waals surface area (Å²) < 4.78 is 45.5. The van der Waals surface area contributed by atoms with Crippen molar-refractivity contribution in [3.05, 3.63) is 58.9 Å². The predicted molar refractivity (Wildman–Crippen MR) is 103 cm³/mol. The minimum atomic E-state index is -3.75. The summed E-state index contributed by atoms with van der Waals surface area (Å²) in [4.78, 5) is 13.4. The van der Waals surface area contributed by atoms with Crippen LogP contribution in [0.3, 0.4) is 0 Å². The maximum Gasteiger partial charge on any atom is 0.247 e. The van der Waals surface area contributed by atoms with Gasteiger partial charge >= 0.3 is 0 Å². The van der Waals surface area contributed by atoms with Crippen LogP contribution in [0.5, 0.6) is 5.75 Å². The summed E-state index contributed by atoms with van der Waals surface area (Å²) in [5, 5.41) is 0.313. The largest absolute Gasteiger partial charge is 0.495 e. The van der Waals surface area contributed by atoms with Crippen molar-refractivity contribution >= 4 is 27.4 Å². The van der Waals surface area contributed by atoms with E-state index in [0.717, 1.165) is 4.90 Å². The maximum absolute atomic E-state index is 13.0. The lowest BCUT2D eigenvalue weighted by molar-refractivity contribution is -0.895. The fourth-order valence-electron chi connectivity index (χ4n) is 3.18. The number of nitrogens with zero attached hydrogens (tertiary/aromatic N) is 1. The van der Waals surface area contributed by atoms with Gasteiger partial charge in [-0.2, -0.15) is 4.31 Å². The summed E-state index contributed by atoms with van der Waals surface area (Å²) in [7, 11) is -2.34. The Kier molecular flexibility index (Phi) is 6.34. The molecule has 0 amide bonds. The molecule has 2 aromatic carbocycles. The lowest BCUT2D eigenvalue weighted by Gasteiger charge is -2.31. The molecule has 1 heterocycles. The number of nitrogens with one attached hydrogen (secondary N) is 1. The summed E-state index contributed by atoms with van der Waals surface area (Å²) in [6.07, 6.45) is 0. The Morgan fingerprint density at radius 1 is 1.18 bits per heavy atom. The van der Waals surface area contributed by atoms with Gasteiger partial charge in [-0.3, -0.25) is 4.79 Å². The smallest absolute Gasteiger partial charge is 0.247 e. The van der Waals surface area contributed by atoms with Gasteiger partial charge in [0.05, 0.1) is 33.3 Å². The van der Waals surface area contributed by atoms with Crippen molar-refractivity contribution in [2.75, 3.05) is 39.8 Å². The van der Waals surface area contributed by atoms with Crippen LogP contribution in [0.1, 0.15) is 10.4 Å². The maximum atomic E-state index is 13.0. The van der Waals surface area contributed by atoms with Crippen LogP contribution >= 0.6 is 11.6 Å². The number of quaternary nitrogens is 1. The van der Waals surface area contributed by atoms with E-state index in [2.05, 4.69) is 0 Å². The molecule has 28 heavy (non-hydrogen) atoms. The van der Waals surface area contributed by atoms with Crippen LogP contribution in [-0.4, -0.2) is 58.3 Å². The van der Waals surface area contributed by atoms with Crippen LogP contribution in [0.15, 0.2) is 47.4 Å². The van der Waals surface area contributed by atoms with Crippen molar-refractivity contribution in [3.63, 3.8) is 0 Å². The molecule has 0 atom stereocenters. The number of ketones is 1. The Bertz CT molecular complexity index is 958. The Balaban J connectivity index is 1.65. The van der Waals surface area contributed by atoms with Crippen molar-refractivity contribution in [2.24, 2.45) is 0 Å². The van der Waals surface area contributed by atoms with Gasteiger partial charge in [-0.1, -0.05) is 11.6 Å². The van der Waals surface area contributed by atoms with Crippen LogP contribution in [0, 0.1) is 5.82 Å². The highest BCUT2D eigenvalue weighted by Crippen LogP contribution is 2.29. The zero-order valence-electron chi connectivity index (χ0n) is 15.3. The first-order chi connectivity index (χ1) is 13.3. The van der Waals surface area contributed by atoms with Crippen molar-refractivity contribution in [3.8, 4) is 5.75 Å². The fourth-order valence-corrected chi connectivity index (χ4v) is 5.04. The number of hydrogen-bond acceptors (Lipinski definition) is 4. The van der Waals surface area contributed by atoms with Gasteiger partial charge in [-0.05, 0) is 42.5 Å². The number of ether oxygens (including phenoxy) is 1. The molecule has 0 radical (unpaired) electrons. The Hall–Kier alpha value is -2.00. The molecule has 0 unspecified atom stereocenters. The summed E-state index contributed by atoms with van der Waals surface area (Å²) >= 11 is 5.96. The monoisotopic (exact) mass is 427 g/mol. The number of sulfonamides is 1. The standard InChI is InChI=1S/C19H20ClFN2O4S/c1-27-18-7-4-15(20)12-19(18)28(25,26)23-10-8-22(9-11-23)13-17(24)14-2-5-16(21)6-3-14/h2-7,12H,8-11,13H2,1H3/p+1. The van der Waals surface area contributed by atoms with Gasteiger partial charge in [0.15, 0.2) is 0 Å². The molecule has 9 heteroatoms. The van der Waals surface area contributed by atoms with Crippen LogP contribution in [0.25, 0.3) is 0 Å². The Morgan fingerprint density at radius 3 is 2.43 bits per heavy atom. The van der Waals surface area contributed by atoms with E-state index in [-0.39, 0.29) is 41.9 Å². The third kappa shape index (κ3) is 4.52. The zero-order chi connectivity index (χ0) is 20.3. The molecule has 1 aliphatic heterocycles. The molecular weight excluding hydrogens is 407 g/mol. The molecule has 3 rings (SSSR count). The molecule has 150 valence electrons. The highest BCUT2D eigenvalue weighted by Gasteiger charge is 2.33. The first-order valence-electron chi connectivity index (χ1n) is 8.77. The molecule has 2 aromatic rings. The number of carbonyl (C=O) groups is 1. The second-order valence-corrected chi connectivity index (χ2v) is 8.90. The number of benzene rings is 2. The summed E-state index contributed by atoms with van der Waals surface area (Å²) in [6.45, 7) is 1.79. The van der Waals surface area contributed by atoms with E-state index in [1.54, 1.807) is 6.07 Å². The lowest BCUT2D eigenvalue weighted by Crippen LogP contribution is -3.15. The SMILES string of the molecule is COc1ccc(Cl)cc1S(=O)(=O)N1CC[NH+](CC(=O)c2ccc(F)cc2)CC1. The van der Waals surface area contributed by atoms with Crippen molar-refractivity contribution in [1.82, 2.24) is 4.31 Å². The van der Waals surface area contributed by atoms with Crippen LogP contribution in [0.4, 0.5) is 4.39 Å². The predicted octanol–water partition coefficient (Wildman–Crippen LogP) is 1.26. The number of hydrogen-bond donors (Lipinski definition) is 1. The number of Topliss-reactive ketones (excluding diaryl/α,β-unsaturated/α-hetero) is 1. The number of carbonyl (C=O) groups excluding carboxylic acids is 1. The second kappa shape index (κ2) is 8.57. The molecule has 1 N–H and O–H groups in total. The molecule has 0 aromatic heterocycles. The average Bonchev–Trinajstić information content (AvgIpc) is 2.69. The summed E-state index contributed by atoms with van der Waals surface area (Å²) in [5.74, 6) is -0.243. The first kappa shape index (κ1) is 20.7. The van der Waals surface area contributed by atoms with E-state index in [0.29, 0.717) is 23.7 Å². The fraction of sp³-hybridized carbons (Fsp3) is 0.316. The number of piperazine rings is 1. The van der Waals surface area contributed by atoms with E-state index >= 15 is 0 Å². The molecule has 1 aliphatic rings. The van der Waals surface area contributed by atoms with Gasteiger partial charge in [-0.15, -0.1) is 0 Å². The molecule has 1 fully saturated rings. The molecule has 0 aliphatic carbocycles. The molecule has 6 nitrogen and oxygen atoms in total.